The van der Waals surface area contributed by atoms with Gasteiger partial charge in [-0.05, 0) is 36.0 Å². The van der Waals surface area contributed by atoms with E-state index in [-0.39, 0.29) is 11.5 Å². The van der Waals surface area contributed by atoms with Gasteiger partial charge in [0.05, 0.1) is 6.10 Å². The maximum absolute atomic E-state index is 9.81. The Balaban J connectivity index is 0.000000293. The van der Waals surface area contributed by atoms with E-state index < -0.39 is 0 Å². The fraction of sp³-hybridized carbons (Fsp3) is 1.00. The van der Waals surface area contributed by atoms with Crippen molar-refractivity contribution >= 4 is 0 Å². The van der Waals surface area contributed by atoms with E-state index >= 15 is 0 Å². The average Bonchev–Trinajstić information content (AvgIpc) is 2.38. The zero-order chi connectivity index (χ0) is 11.0. The van der Waals surface area contributed by atoms with Crippen LogP contribution in [-0.2, 0) is 4.74 Å². The molecule has 0 aromatic rings. The zero-order valence-electron chi connectivity index (χ0n) is 10.1. The maximum atomic E-state index is 9.81. The normalized spacial score (nSPS) is 43.3. The monoisotopic (exact) mass is 200 g/mol. The van der Waals surface area contributed by atoms with E-state index in [0.29, 0.717) is 5.41 Å². The lowest BCUT2D eigenvalue weighted by Gasteiger charge is -2.36. The van der Waals surface area contributed by atoms with Crippen molar-refractivity contribution < 1.29 is 9.84 Å². The molecule has 0 spiro atoms. The van der Waals surface area contributed by atoms with Crippen LogP contribution >= 0.6 is 0 Å². The smallest absolute Gasteiger partial charge is 0.0601 e. The van der Waals surface area contributed by atoms with Crippen molar-refractivity contribution in [1.29, 1.82) is 0 Å². The molecule has 2 heteroatoms. The van der Waals surface area contributed by atoms with Gasteiger partial charge in [0.25, 0.3) is 0 Å². The first-order chi connectivity index (χ1) is 6.40. The van der Waals surface area contributed by atoms with Crippen molar-refractivity contribution in [3.63, 3.8) is 0 Å². The molecule has 84 valence electrons. The number of rotatable bonds is 0. The minimum absolute atomic E-state index is 0.0313. The largest absolute Gasteiger partial charge is 0.393 e. The van der Waals surface area contributed by atoms with Crippen molar-refractivity contribution in [2.45, 2.75) is 46.1 Å². The molecule has 0 aromatic carbocycles. The summed E-state index contributed by atoms with van der Waals surface area (Å²) in [5, 5.41) is 9.81. The van der Waals surface area contributed by atoms with Crippen LogP contribution in [0.5, 0.6) is 0 Å². The summed E-state index contributed by atoms with van der Waals surface area (Å²) in [6.45, 7) is 6.90. The standard InChI is InChI=1S/C10H18O.C2H6O/c1-9(2)7-4-5-10(9,3)8(11)6-7;1-3-2/h7-8,11H,4-6H2,1-3H3;1-2H3/t7-,8-,10-;/m1./s1. The Morgan fingerprint density at radius 1 is 1.21 bits per heavy atom. The molecule has 14 heavy (non-hydrogen) atoms. The highest BCUT2D eigenvalue weighted by molar-refractivity contribution is 5.10. The van der Waals surface area contributed by atoms with Crippen LogP contribution < -0.4 is 0 Å². The van der Waals surface area contributed by atoms with Gasteiger partial charge in [-0.25, -0.2) is 0 Å². The topological polar surface area (TPSA) is 29.5 Å². The van der Waals surface area contributed by atoms with Gasteiger partial charge in [-0.2, -0.15) is 0 Å². The number of fused-ring (bicyclic) bond motifs is 2. The Kier molecular flexibility index (Phi) is 3.27. The summed E-state index contributed by atoms with van der Waals surface area (Å²) in [4.78, 5) is 0. The van der Waals surface area contributed by atoms with E-state index in [1.807, 2.05) is 0 Å². The van der Waals surface area contributed by atoms with Crippen molar-refractivity contribution in [2.24, 2.45) is 16.7 Å². The molecule has 2 aliphatic rings. The van der Waals surface area contributed by atoms with Crippen LogP contribution in [0.25, 0.3) is 0 Å². The van der Waals surface area contributed by atoms with Gasteiger partial charge < -0.3 is 9.84 Å². The van der Waals surface area contributed by atoms with Gasteiger partial charge in [-0.3, -0.25) is 0 Å². The van der Waals surface area contributed by atoms with E-state index in [4.69, 9.17) is 0 Å². The minimum Gasteiger partial charge on any atom is -0.393 e. The maximum Gasteiger partial charge on any atom is 0.0601 e. The lowest BCUT2D eigenvalue weighted by molar-refractivity contribution is 0.0126. The van der Waals surface area contributed by atoms with E-state index in [0.717, 1.165) is 12.3 Å². The molecule has 2 saturated carbocycles. The molecule has 0 aliphatic heterocycles. The summed E-state index contributed by atoms with van der Waals surface area (Å²) in [5.41, 5.74) is 0.601. The highest BCUT2D eigenvalue weighted by atomic mass is 16.4. The second-order valence-electron chi connectivity index (χ2n) is 5.53. The molecule has 2 fully saturated rings. The summed E-state index contributed by atoms with van der Waals surface area (Å²) in [6.07, 6.45) is 3.58. The van der Waals surface area contributed by atoms with Gasteiger partial charge in [-0.1, -0.05) is 20.8 Å². The summed E-state index contributed by atoms with van der Waals surface area (Å²) in [5.74, 6) is 0.780. The van der Waals surface area contributed by atoms with Gasteiger partial charge >= 0.3 is 0 Å². The minimum atomic E-state index is -0.0313. The molecule has 0 unspecified atom stereocenters. The predicted octanol–water partition coefficient (Wildman–Crippen LogP) is 2.46. The summed E-state index contributed by atoms with van der Waals surface area (Å²) >= 11 is 0. The molecule has 1 N–H and O–H groups in total. The summed E-state index contributed by atoms with van der Waals surface area (Å²) in [7, 11) is 3.25. The third kappa shape index (κ3) is 1.49. The summed E-state index contributed by atoms with van der Waals surface area (Å²) < 4.78 is 4.25. The first-order valence-corrected chi connectivity index (χ1v) is 5.48. The molecule has 0 radical (unpaired) electrons. The molecule has 0 saturated heterocycles. The Hall–Kier alpha value is -0.0800. The van der Waals surface area contributed by atoms with Crippen molar-refractivity contribution in [1.82, 2.24) is 0 Å². The number of aliphatic hydroxyl groups excluding tert-OH is 1. The summed E-state index contributed by atoms with van der Waals surface area (Å²) in [6, 6.07) is 0. The molecule has 2 nitrogen and oxygen atoms in total. The van der Waals surface area contributed by atoms with E-state index in [1.165, 1.54) is 12.8 Å². The molecule has 2 aliphatic carbocycles. The van der Waals surface area contributed by atoms with Crippen molar-refractivity contribution in [3.8, 4) is 0 Å². The van der Waals surface area contributed by atoms with Crippen molar-refractivity contribution in [2.75, 3.05) is 14.2 Å². The highest BCUT2D eigenvalue weighted by Gasteiger charge is 2.60. The number of ether oxygens (including phenoxy) is 1. The second-order valence-corrected chi connectivity index (χ2v) is 5.53. The Morgan fingerprint density at radius 2 is 1.71 bits per heavy atom. The first kappa shape index (κ1) is 12.0. The average molecular weight is 200 g/mol. The van der Waals surface area contributed by atoms with Crippen molar-refractivity contribution in [3.05, 3.63) is 0 Å². The fourth-order valence-electron chi connectivity index (χ4n) is 3.16. The quantitative estimate of drug-likeness (QED) is 0.651. The van der Waals surface area contributed by atoms with Gasteiger partial charge in [0.15, 0.2) is 0 Å². The Bertz CT molecular complexity index is 200. The molecule has 0 amide bonds. The molecule has 3 atom stereocenters. The van der Waals surface area contributed by atoms with E-state index in [1.54, 1.807) is 14.2 Å². The molecule has 2 rings (SSSR count). The first-order valence-electron chi connectivity index (χ1n) is 5.48. The lowest BCUT2D eigenvalue weighted by Crippen LogP contribution is -2.35. The van der Waals surface area contributed by atoms with Gasteiger partial charge in [-0.15, -0.1) is 0 Å². The second kappa shape index (κ2) is 3.82. The third-order valence-corrected chi connectivity index (χ3v) is 4.75. The molecule has 0 heterocycles. The van der Waals surface area contributed by atoms with Crippen LogP contribution in [0.4, 0.5) is 0 Å². The van der Waals surface area contributed by atoms with E-state index in [2.05, 4.69) is 25.5 Å². The predicted molar refractivity (Wildman–Crippen MR) is 58.2 cm³/mol. The van der Waals surface area contributed by atoms with Gasteiger partial charge in [0.1, 0.15) is 0 Å². The van der Waals surface area contributed by atoms with Crippen LogP contribution in [0.15, 0.2) is 0 Å². The van der Waals surface area contributed by atoms with Crippen LogP contribution in [0.2, 0.25) is 0 Å². The SMILES string of the molecule is CC1(C)[C@@H]2CC[C@]1(C)[C@H](O)C2.COC. The van der Waals surface area contributed by atoms with Gasteiger partial charge in [0, 0.05) is 14.2 Å². The van der Waals surface area contributed by atoms with E-state index in [9.17, 15) is 5.11 Å². The van der Waals surface area contributed by atoms with Crippen LogP contribution in [0, 0.1) is 16.7 Å². The lowest BCUT2D eigenvalue weighted by atomic mass is 9.70. The van der Waals surface area contributed by atoms with Crippen LogP contribution in [0.3, 0.4) is 0 Å². The molecular weight excluding hydrogens is 176 g/mol. The molecule has 2 bridgehead atoms. The number of hydrogen-bond acceptors (Lipinski definition) is 2. The number of methoxy groups -OCH3 is 1. The molecule has 0 aromatic heterocycles. The Labute approximate surface area is 87.7 Å². The highest BCUT2D eigenvalue weighted by Crippen LogP contribution is 2.65. The molecular formula is C12H24O2. The number of aliphatic hydroxyl groups is 1. The van der Waals surface area contributed by atoms with Crippen LogP contribution in [0.1, 0.15) is 40.0 Å². The zero-order valence-corrected chi connectivity index (χ0v) is 10.1. The number of hydrogen-bond donors (Lipinski definition) is 1. The third-order valence-electron chi connectivity index (χ3n) is 4.75. The Morgan fingerprint density at radius 3 is 1.86 bits per heavy atom. The fourth-order valence-corrected chi connectivity index (χ4v) is 3.16. The van der Waals surface area contributed by atoms with Crippen LogP contribution in [-0.4, -0.2) is 25.4 Å². The van der Waals surface area contributed by atoms with Gasteiger partial charge in [0.2, 0.25) is 0 Å².